The number of hydrogen-bond donors (Lipinski definition) is 1. The molecule has 2 rings (SSSR count). The number of hydrogen-bond acceptors (Lipinski definition) is 2. The van der Waals surface area contributed by atoms with Crippen LogP contribution in [0.1, 0.15) is 24.8 Å². The molecule has 0 saturated heterocycles. The highest BCUT2D eigenvalue weighted by molar-refractivity contribution is 6.31. The molecule has 0 fully saturated rings. The van der Waals surface area contributed by atoms with Crippen molar-refractivity contribution in [2.24, 2.45) is 0 Å². The molecule has 1 heterocycles. The Bertz CT molecular complexity index is 547. The molecule has 1 aromatic heterocycles. The molecule has 1 aromatic carbocycles. The number of rotatable bonds is 3. The van der Waals surface area contributed by atoms with E-state index in [1.807, 2.05) is 31.3 Å². The molecule has 0 radical (unpaired) electrons. The molecule has 0 bridgehead atoms. The zero-order valence-corrected chi connectivity index (χ0v) is 10.5. The maximum Gasteiger partial charge on any atom is 0.306 e. The molecule has 0 spiro atoms. The molecule has 0 saturated carbocycles. The number of aromatic amines is 1. The quantitative estimate of drug-likeness (QED) is 0.849. The van der Waals surface area contributed by atoms with Crippen molar-refractivity contribution in [2.45, 2.75) is 19.3 Å². The lowest BCUT2D eigenvalue weighted by atomic mass is 9.97. The third-order valence-corrected chi connectivity index (χ3v) is 3.14. The van der Waals surface area contributed by atoms with Crippen LogP contribution in [0.4, 0.5) is 0 Å². The number of nitrogens with one attached hydrogen (secondary N) is 1. The van der Waals surface area contributed by atoms with Gasteiger partial charge in [0.1, 0.15) is 0 Å². The molecule has 4 heteroatoms. The molecule has 0 unspecified atom stereocenters. The summed E-state index contributed by atoms with van der Waals surface area (Å²) in [6.45, 7) is 2.00. The lowest BCUT2D eigenvalue weighted by molar-refractivity contribution is -0.140. The molecule has 1 N–H and O–H groups in total. The van der Waals surface area contributed by atoms with Crippen molar-refractivity contribution in [1.29, 1.82) is 0 Å². The summed E-state index contributed by atoms with van der Waals surface area (Å²) in [5.74, 6) is -0.0939. The molecule has 0 aliphatic heterocycles. The van der Waals surface area contributed by atoms with E-state index in [1.54, 1.807) is 0 Å². The van der Waals surface area contributed by atoms with Crippen LogP contribution in [-0.4, -0.2) is 18.1 Å². The van der Waals surface area contributed by atoms with Gasteiger partial charge in [-0.3, -0.25) is 4.79 Å². The average Bonchev–Trinajstić information content (AvgIpc) is 2.71. The molecule has 0 aliphatic carbocycles. The van der Waals surface area contributed by atoms with Gasteiger partial charge in [-0.25, -0.2) is 0 Å². The number of aromatic nitrogens is 1. The summed E-state index contributed by atoms with van der Waals surface area (Å²) in [5, 5.41) is 1.76. The van der Waals surface area contributed by atoms with Gasteiger partial charge in [0.2, 0.25) is 0 Å². The number of methoxy groups -OCH3 is 1. The smallest absolute Gasteiger partial charge is 0.306 e. The first-order valence-electron chi connectivity index (χ1n) is 5.45. The fourth-order valence-electron chi connectivity index (χ4n) is 1.97. The Morgan fingerprint density at radius 1 is 1.53 bits per heavy atom. The number of esters is 1. The van der Waals surface area contributed by atoms with Crippen LogP contribution in [0.2, 0.25) is 5.02 Å². The second-order valence-corrected chi connectivity index (χ2v) is 4.55. The summed E-state index contributed by atoms with van der Waals surface area (Å²) < 4.78 is 4.68. The Hall–Kier alpha value is -1.48. The summed E-state index contributed by atoms with van der Waals surface area (Å²) >= 11 is 5.98. The van der Waals surface area contributed by atoms with Crippen LogP contribution in [0, 0.1) is 0 Å². The summed E-state index contributed by atoms with van der Waals surface area (Å²) in [6, 6.07) is 5.69. The molecule has 3 nitrogen and oxygen atoms in total. The molecule has 0 aliphatic rings. The van der Waals surface area contributed by atoms with Crippen molar-refractivity contribution in [3.63, 3.8) is 0 Å². The van der Waals surface area contributed by atoms with Crippen LogP contribution >= 0.6 is 11.6 Å². The minimum atomic E-state index is -0.200. The van der Waals surface area contributed by atoms with Gasteiger partial charge in [0.15, 0.2) is 0 Å². The molecule has 17 heavy (non-hydrogen) atoms. The lowest BCUT2D eigenvalue weighted by Gasteiger charge is -2.08. The van der Waals surface area contributed by atoms with Gasteiger partial charge in [0.25, 0.3) is 0 Å². The van der Waals surface area contributed by atoms with Gasteiger partial charge in [-0.15, -0.1) is 0 Å². The highest BCUT2D eigenvalue weighted by Gasteiger charge is 2.15. The first-order valence-corrected chi connectivity index (χ1v) is 5.83. The summed E-state index contributed by atoms with van der Waals surface area (Å²) in [7, 11) is 1.40. The summed E-state index contributed by atoms with van der Waals surface area (Å²) in [4.78, 5) is 14.4. The number of fused-ring (bicyclic) bond motifs is 1. The standard InChI is InChI=1S/C13H14ClNO2/c1-8(5-13(16)17-2)11-7-15-12-4-3-9(14)6-10(11)12/h3-4,6-8,15H,5H2,1-2H3/t8-/m0/s1. The van der Waals surface area contributed by atoms with E-state index in [2.05, 4.69) is 9.72 Å². The number of carbonyl (C=O) groups is 1. The average molecular weight is 252 g/mol. The van der Waals surface area contributed by atoms with E-state index >= 15 is 0 Å². The Morgan fingerprint density at radius 3 is 3.00 bits per heavy atom. The zero-order chi connectivity index (χ0) is 12.4. The number of H-pyrrole nitrogens is 1. The van der Waals surface area contributed by atoms with Gasteiger partial charge in [-0.2, -0.15) is 0 Å². The SMILES string of the molecule is COC(=O)C[C@H](C)c1c[nH]c2ccc(Cl)cc12. The Balaban J connectivity index is 2.35. The Morgan fingerprint density at radius 2 is 2.29 bits per heavy atom. The predicted octanol–water partition coefficient (Wildman–Crippen LogP) is 3.49. The largest absolute Gasteiger partial charge is 0.469 e. The van der Waals surface area contributed by atoms with Gasteiger partial charge < -0.3 is 9.72 Å². The fraction of sp³-hybridized carbons (Fsp3) is 0.308. The van der Waals surface area contributed by atoms with E-state index in [4.69, 9.17) is 11.6 Å². The van der Waals surface area contributed by atoms with Gasteiger partial charge in [-0.05, 0) is 29.7 Å². The Kier molecular flexibility index (Phi) is 3.38. The minimum absolute atomic E-state index is 0.106. The van der Waals surface area contributed by atoms with Crippen molar-refractivity contribution in [3.8, 4) is 0 Å². The summed E-state index contributed by atoms with van der Waals surface area (Å²) in [6.07, 6.45) is 2.30. The normalized spacial score (nSPS) is 12.6. The Labute approximate surface area is 105 Å². The number of benzene rings is 1. The maximum absolute atomic E-state index is 11.3. The molecule has 0 amide bonds. The third kappa shape index (κ3) is 2.44. The van der Waals surface area contributed by atoms with Gasteiger partial charge in [0, 0.05) is 22.1 Å². The van der Waals surface area contributed by atoms with Crippen LogP contribution in [-0.2, 0) is 9.53 Å². The van der Waals surface area contributed by atoms with Gasteiger partial charge >= 0.3 is 5.97 Å². The van der Waals surface area contributed by atoms with Crippen LogP contribution in [0.25, 0.3) is 10.9 Å². The first kappa shape index (κ1) is 12.0. The van der Waals surface area contributed by atoms with E-state index in [-0.39, 0.29) is 11.9 Å². The molecule has 90 valence electrons. The maximum atomic E-state index is 11.3. The first-order chi connectivity index (χ1) is 8.11. The van der Waals surface area contributed by atoms with Crippen molar-refractivity contribution >= 4 is 28.5 Å². The number of halogens is 1. The molecule has 1 atom stereocenters. The molecule has 2 aromatic rings. The van der Waals surface area contributed by atoms with E-state index in [0.29, 0.717) is 11.4 Å². The summed E-state index contributed by atoms with van der Waals surface area (Å²) in [5.41, 5.74) is 2.12. The predicted molar refractivity (Wildman–Crippen MR) is 68.4 cm³/mol. The van der Waals surface area contributed by atoms with Crippen LogP contribution < -0.4 is 0 Å². The van der Waals surface area contributed by atoms with Crippen LogP contribution in [0.3, 0.4) is 0 Å². The van der Waals surface area contributed by atoms with Crippen molar-refractivity contribution in [1.82, 2.24) is 4.98 Å². The van der Waals surface area contributed by atoms with E-state index in [9.17, 15) is 4.79 Å². The highest BCUT2D eigenvalue weighted by Crippen LogP contribution is 2.29. The monoisotopic (exact) mass is 251 g/mol. The van der Waals surface area contributed by atoms with Crippen molar-refractivity contribution in [2.75, 3.05) is 7.11 Å². The number of carbonyl (C=O) groups excluding carboxylic acids is 1. The lowest BCUT2D eigenvalue weighted by Crippen LogP contribution is -2.05. The van der Waals surface area contributed by atoms with Crippen LogP contribution in [0.5, 0.6) is 0 Å². The van der Waals surface area contributed by atoms with E-state index < -0.39 is 0 Å². The van der Waals surface area contributed by atoms with E-state index in [0.717, 1.165) is 16.5 Å². The second kappa shape index (κ2) is 4.80. The third-order valence-electron chi connectivity index (χ3n) is 2.91. The van der Waals surface area contributed by atoms with Crippen LogP contribution in [0.15, 0.2) is 24.4 Å². The zero-order valence-electron chi connectivity index (χ0n) is 9.79. The highest BCUT2D eigenvalue weighted by atomic mass is 35.5. The van der Waals surface area contributed by atoms with E-state index in [1.165, 1.54) is 7.11 Å². The fourth-order valence-corrected chi connectivity index (χ4v) is 2.14. The molecular weight excluding hydrogens is 238 g/mol. The van der Waals surface area contributed by atoms with Crippen molar-refractivity contribution in [3.05, 3.63) is 35.0 Å². The topological polar surface area (TPSA) is 42.1 Å². The van der Waals surface area contributed by atoms with Gasteiger partial charge in [0.05, 0.1) is 13.5 Å². The van der Waals surface area contributed by atoms with Gasteiger partial charge in [-0.1, -0.05) is 18.5 Å². The minimum Gasteiger partial charge on any atom is -0.469 e. The molecular formula is C13H14ClNO2. The van der Waals surface area contributed by atoms with Crippen molar-refractivity contribution < 1.29 is 9.53 Å². The second-order valence-electron chi connectivity index (χ2n) is 4.12. The number of ether oxygens (including phenoxy) is 1.